The molecule has 3 heteroatoms. The van der Waals surface area contributed by atoms with Crippen molar-refractivity contribution >= 4 is 23.9 Å². The lowest BCUT2D eigenvalue weighted by Gasteiger charge is -1.98. The average molecular weight is 196 g/mol. The summed E-state index contributed by atoms with van der Waals surface area (Å²) in [6.45, 7) is 0. The minimum absolute atomic E-state index is 0.574. The Bertz CT molecular complexity index is 252. The Balaban J connectivity index is 2.54. The summed E-state index contributed by atoms with van der Waals surface area (Å²) in [6, 6.07) is 0. The van der Waals surface area contributed by atoms with Gasteiger partial charge < -0.3 is 9.59 Å². The molecule has 0 unspecified atom stereocenters. The number of carbonyl (C=O) groups is 2. The van der Waals surface area contributed by atoms with Crippen LogP contribution in [0.25, 0.3) is 0 Å². The van der Waals surface area contributed by atoms with E-state index in [0.29, 0.717) is 12.8 Å². The number of rotatable bonds is 6. The SMILES string of the molecule is O=CCCc1cscc1CCC=O. The lowest BCUT2D eigenvalue weighted by molar-refractivity contribution is -0.108. The first kappa shape index (κ1) is 10.1. The van der Waals surface area contributed by atoms with Gasteiger partial charge in [-0.15, -0.1) is 0 Å². The van der Waals surface area contributed by atoms with Crippen molar-refractivity contribution in [2.24, 2.45) is 0 Å². The molecule has 70 valence electrons. The van der Waals surface area contributed by atoms with Crippen molar-refractivity contribution in [1.82, 2.24) is 0 Å². The lowest BCUT2D eigenvalue weighted by Crippen LogP contribution is -1.91. The molecule has 1 heterocycles. The van der Waals surface area contributed by atoms with E-state index in [4.69, 9.17) is 0 Å². The summed E-state index contributed by atoms with van der Waals surface area (Å²) in [5.74, 6) is 0. The molecule has 0 saturated carbocycles. The molecule has 0 aromatic carbocycles. The van der Waals surface area contributed by atoms with Crippen molar-refractivity contribution in [3.63, 3.8) is 0 Å². The largest absolute Gasteiger partial charge is 0.303 e. The highest BCUT2D eigenvalue weighted by Gasteiger charge is 2.02. The molecule has 0 amide bonds. The Labute approximate surface area is 81.6 Å². The van der Waals surface area contributed by atoms with E-state index in [0.717, 1.165) is 25.4 Å². The molecule has 0 N–H and O–H groups in total. The van der Waals surface area contributed by atoms with Crippen molar-refractivity contribution in [3.05, 3.63) is 21.9 Å². The molecule has 0 aliphatic rings. The molecule has 0 fully saturated rings. The Hall–Kier alpha value is -0.960. The smallest absolute Gasteiger partial charge is 0.120 e. The van der Waals surface area contributed by atoms with E-state index >= 15 is 0 Å². The first-order chi connectivity index (χ1) is 6.38. The number of thiophene rings is 1. The standard InChI is InChI=1S/C10H12O2S/c11-5-1-3-9-7-13-8-10(9)4-2-6-12/h5-8H,1-4H2. The van der Waals surface area contributed by atoms with E-state index < -0.39 is 0 Å². The molecule has 0 bridgehead atoms. The number of aldehydes is 2. The van der Waals surface area contributed by atoms with Crippen LogP contribution in [0.3, 0.4) is 0 Å². The highest BCUT2D eigenvalue weighted by molar-refractivity contribution is 7.08. The summed E-state index contributed by atoms with van der Waals surface area (Å²) < 4.78 is 0. The maximum Gasteiger partial charge on any atom is 0.120 e. The van der Waals surface area contributed by atoms with Crippen molar-refractivity contribution < 1.29 is 9.59 Å². The van der Waals surface area contributed by atoms with Gasteiger partial charge in [-0.3, -0.25) is 0 Å². The fourth-order valence-corrected chi connectivity index (χ4v) is 2.15. The fourth-order valence-electron chi connectivity index (χ4n) is 1.22. The molecule has 1 aromatic rings. The Morgan fingerprint density at radius 2 is 1.46 bits per heavy atom. The van der Waals surface area contributed by atoms with E-state index in [1.165, 1.54) is 11.1 Å². The highest BCUT2D eigenvalue weighted by atomic mass is 32.1. The summed E-state index contributed by atoms with van der Waals surface area (Å²) in [7, 11) is 0. The van der Waals surface area contributed by atoms with Gasteiger partial charge in [-0.1, -0.05) is 0 Å². The number of carbonyl (C=O) groups excluding carboxylic acids is 2. The van der Waals surface area contributed by atoms with Gasteiger partial charge in [-0.25, -0.2) is 0 Å². The van der Waals surface area contributed by atoms with Crippen LogP contribution in [0, 0.1) is 0 Å². The van der Waals surface area contributed by atoms with Crippen LogP contribution in [0.15, 0.2) is 10.8 Å². The molecule has 0 aliphatic carbocycles. The third-order valence-electron chi connectivity index (χ3n) is 1.90. The number of hydrogen-bond acceptors (Lipinski definition) is 3. The van der Waals surface area contributed by atoms with Crippen LogP contribution in [-0.2, 0) is 22.4 Å². The van der Waals surface area contributed by atoms with Crippen LogP contribution >= 0.6 is 11.3 Å². The van der Waals surface area contributed by atoms with Crippen molar-refractivity contribution in [2.75, 3.05) is 0 Å². The van der Waals surface area contributed by atoms with Gasteiger partial charge in [0, 0.05) is 12.8 Å². The van der Waals surface area contributed by atoms with Crippen molar-refractivity contribution in [3.8, 4) is 0 Å². The summed E-state index contributed by atoms with van der Waals surface area (Å²) in [5.41, 5.74) is 2.44. The first-order valence-electron chi connectivity index (χ1n) is 4.29. The molecule has 0 radical (unpaired) electrons. The zero-order valence-corrected chi connectivity index (χ0v) is 8.18. The van der Waals surface area contributed by atoms with Crippen molar-refractivity contribution in [2.45, 2.75) is 25.7 Å². The predicted octanol–water partition coefficient (Wildman–Crippen LogP) is 2.01. The van der Waals surface area contributed by atoms with Gasteiger partial charge in [-0.2, -0.15) is 11.3 Å². The number of hydrogen-bond donors (Lipinski definition) is 0. The average Bonchev–Trinajstić information content (AvgIpc) is 2.59. The topological polar surface area (TPSA) is 34.1 Å². The maximum absolute atomic E-state index is 10.2. The molecule has 13 heavy (non-hydrogen) atoms. The van der Waals surface area contributed by atoms with E-state index in [-0.39, 0.29) is 0 Å². The summed E-state index contributed by atoms with van der Waals surface area (Å²) in [4.78, 5) is 20.3. The second kappa shape index (κ2) is 5.65. The molecule has 2 nitrogen and oxygen atoms in total. The van der Waals surface area contributed by atoms with Gasteiger partial charge in [0.15, 0.2) is 0 Å². The van der Waals surface area contributed by atoms with E-state index in [1.54, 1.807) is 11.3 Å². The van der Waals surface area contributed by atoms with Gasteiger partial charge in [0.2, 0.25) is 0 Å². The highest BCUT2D eigenvalue weighted by Crippen LogP contribution is 2.17. The van der Waals surface area contributed by atoms with Crippen LogP contribution in [0.4, 0.5) is 0 Å². The molecule has 0 spiro atoms. The Kier molecular flexibility index (Phi) is 4.40. The third kappa shape index (κ3) is 3.11. The first-order valence-corrected chi connectivity index (χ1v) is 5.24. The number of aryl methyl sites for hydroxylation is 2. The van der Waals surface area contributed by atoms with E-state index in [9.17, 15) is 9.59 Å². The van der Waals surface area contributed by atoms with Crippen LogP contribution in [0.5, 0.6) is 0 Å². The Morgan fingerprint density at radius 1 is 1.00 bits per heavy atom. The molecular weight excluding hydrogens is 184 g/mol. The molecular formula is C10H12O2S. The Morgan fingerprint density at radius 3 is 1.85 bits per heavy atom. The molecule has 0 atom stereocenters. The van der Waals surface area contributed by atoms with Gasteiger partial charge >= 0.3 is 0 Å². The summed E-state index contributed by atoms with van der Waals surface area (Å²) in [5, 5.41) is 4.12. The maximum atomic E-state index is 10.2. The minimum Gasteiger partial charge on any atom is -0.303 e. The lowest BCUT2D eigenvalue weighted by atomic mass is 10.1. The zero-order chi connectivity index (χ0) is 9.52. The van der Waals surface area contributed by atoms with Crippen LogP contribution in [-0.4, -0.2) is 12.6 Å². The zero-order valence-electron chi connectivity index (χ0n) is 7.36. The molecule has 0 aliphatic heterocycles. The van der Waals surface area contributed by atoms with E-state index in [1.807, 2.05) is 0 Å². The van der Waals surface area contributed by atoms with Gasteiger partial charge in [0.05, 0.1) is 0 Å². The van der Waals surface area contributed by atoms with Crippen LogP contribution in [0.2, 0.25) is 0 Å². The van der Waals surface area contributed by atoms with Crippen molar-refractivity contribution in [1.29, 1.82) is 0 Å². The summed E-state index contributed by atoms with van der Waals surface area (Å²) >= 11 is 1.64. The van der Waals surface area contributed by atoms with Crippen LogP contribution in [0.1, 0.15) is 24.0 Å². The van der Waals surface area contributed by atoms with Gasteiger partial charge in [-0.05, 0) is 34.7 Å². The second-order valence-corrected chi connectivity index (χ2v) is 3.58. The normalized spacial score (nSPS) is 9.85. The van der Waals surface area contributed by atoms with Gasteiger partial charge in [0.1, 0.15) is 12.6 Å². The van der Waals surface area contributed by atoms with E-state index in [2.05, 4.69) is 10.8 Å². The quantitative estimate of drug-likeness (QED) is 0.652. The van der Waals surface area contributed by atoms with Crippen LogP contribution < -0.4 is 0 Å². The third-order valence-corrected chi connectivity index (χ3v) is 2.74. The molecule has 1 rings (SSSR count). The molecule has 0 saturated heterocycles. The summed E-state index contributed by atoms with van der Waals surface area (Å²) in [6.07, 6.45) is 4.63. The second-order valence-electron chi connectivity index (χ2n) is 2.83. The minimum atomic E-state index is 0.574. The van der Waals surface area contributed by atoms with Gasteiger partial charge in [0.25, 0.3) is 0 Å². The molecule has 1 aromatic heterocycles. The predicted molar refractivity (Wildman–Crippen MR) is 53.1 cm³/mol. The fraction of sp³-hybridized carbons (Fsp3) is 0.400. The monoisotopic (exact) mass is 196 g/mol.